The van der Waals surface area contributed by atoms with E-state index in [1.54, 1.807) is 0 Å². The van der Waals surface area contributed by atoms with Crippen LogP contribution < -0.4 is 10.1 Å². The minimum Gasteiger partial charge on any atom is -0.489 e. The van der Waals surface area contributed by atoms with Gasteiger partial charge in [0.05, 0.1) is 0 Å². The van der Waals surface area contributed by atoms with Crippen LogP contribution in [-0.2, 0) is 6.61 Å². The van der Waals surface area contributed by atoms with Crippen LogP contribution in [0.1, 0.15) is 28.8 Å². The van der Waals surface area contributed by atoms with Crippen molar-refractivity contribution in [1.82, 2.24) is 10.2 Å². The molecule has 24 heavy (non-hydrogen) atoms. The van der Waals surface area contributed by atoms with E-state index in [1.165, 1.54) is 0 Å². The van der Waals surface area contributed by atoms with Crippen LogP contribution >= 0.6 is 0 Å². The fourth-order valence-electron chi connectivity index (χ4n) is 3.04. The maximum absolute atomic E-state index is 12.7. The zero-order valence-corrected chi connectivity index (χ0v) is 14.1. The Hall–Kier alpha value is -2.33. The van der Waals surface area contributed by atoms with E-state index in [2.05, 4.69) is 5.32 Å². The first kappa shape index (κ1) is 16.5. The normalized spacial score (nSPS) is 17.5. The third-order valence-electron chi connectivity index (χ3n) is 4.45. The van der Waals surface area contributed by atoms with E-state index in [-0.39, 0.29) is 5.91 Å². The highest BCUT2D eigenvalue weighted by molar-refractivity contribution is 5.94. The first-order chi connectivity index (χ1) is 11.8. The van der Waals surface area contributed by atoms with Crippen molar-refractivity contribution < 1.29 is 9.53 Å². The molecule has 0 aliphatic carbocycles. The van der Waals surface area contributed by atoms with Crippen molar-refractivity contribution in [3.05, 3.63) is 65.7 Å². The van der Waals surface area contributed by atoms with E-state index in [0.717, 1.165) is 37.2 Å². The van der Waals surface area contributed by atoms with E-state index < -0.39 is 0 Å². The molecule has 0 saturated carbocycles. The topological polar surface area (TPSA) is 41.6 Å². The lowest BCUT2D eigenvalue weighted by molar-refractivity contribution is 0.0697. The second-order valence-electron chi connectivity index (χ2n) is 6.18. The van der Waals surface area contributed by atoms with Crippen LogP contribution in [0.3, 0.4) is 0 Å². The van der Waals surface area contributed by atoms with Crippen molar-refractivity contribution in [2.75, 3.05) is 20.1 Å². The van der Waals surface area contributed by atoms with E-state index in [4.69, 9.17) is 4.74 Å². The number of rotatable bonds is 5. The molecule has 1 aliphatic heterocycles. The number of likely N-dealkylation sites (N-methyl/N-ethyl adjacent to an activating group) is 1. The number of benzene rings is 2. The van der Waals surface area contributed by atoms with Gasteiger partial charge in [0.2, 0.25) is 0 Å². The fraction of sp³-hybridized carbons (Fsp3) is 0.350. The molecular formula is C20H24N2O2. The largest absolute Gasteiger partial charge is 0.489 e. The summed E-state index contributed by atoms with van der Waals surface area (Å²) in [4.78, 5) is 14.7. The zero-order valence-electron chi connectivity index (χ0n) is 14.1. The number of piperidine rings is 1. The second kappa shape index (κ2) is 7.97. The number of likely N-dealkylation sites (tertiary alicyclic amines) is 1. The molecule has 0 aromatic heterocycles. The third kappa shape index (κ3) is 4.15. The van der Waals surface area contributed by atoms with Crippen LogP contribution in [0.5, 0.6) is 5.75 Å². The van der Waals surface area contributed by atoms with Gasteiger partial charge in [-0.1, -0.05) is 36.4 Å². The highest BCUT2D eigenvalue weighted by Crippen LogP contribution is 2.19. The lowest BCUT2D eigenvalue weighted by Crippen LogP contribution is -2.46. The van der Waals surface area contributed by atoms with E-state index in [9.17, 15) is 4.79 Å². The quantitative estimate of drug-likeness (QED) is 0.919. The number of ether oxygens (including phenoxy) is 1. The van der Waals surface area contributed by atoms with Crippen LogP contribution in [0.4, 0.5) is 0 Å². The molecule has 4 heteroatoms. The Morgan fingerprint density at radius 3 is 2.83 bits per heavy atom. The van der Waals surface area contributed by atoms with Gasteiger partial charge in [-0.25, -0.2) is 0 Å². The number of nitrogens with zero attached hydrogens (tertiary/aromatic N) is 1. The molecular weight excluding hydrogens is 300 g/mol. The molecule has 1 heterocycles. The highest BCUT2D eigenvalue weighted by atomic mass is 16.5. The van der Waals surface area contributed by atoms with Crippen molar-refractivity contribution in [2.45, 2.75) is 25.5 Å². The third-order valence-corrected chi connectivity index (χ3v) is 4.45. The standard InChI is InChI=1S/C20H24N2O2/c1-21-18-10-6-12-22(14-18)20(23)17-9-5-11-19(13-17)24-15-16-7-3-2-4-8-16/h2-5,7-9,11,13,18,21H,6,10,12,14-15H2,1H3. The minimum absolute atomic E-state index is 0.0834. The van der Waals surface area contributed by atoms with Gasteiger partial charge < -0.3 is 15.0 Å². The van der Waals surface area contributed by atoms with Crippen LogP contribution in [0.25, 0.3) is 0 Å². The first-order valence-corrected chi connectivity index (χ1v) is 8.49. The van der Waals surface area contributed by atoms with Crippen LogP contribution in [0, 0.1) is 0 Å². The van der Waals surface area contributed by atoms with Gasteiger partial charge in [0, 0.05) is 24.7 Å². The van der Waals surface area contributed by atoms with E-state index in [1.807, 2.05) is 66.5 Å². The maximum Gasteiger partial charge on any atom is 0.254 e. The van der Waals surface area contributed by atoms with Gasteiger partial charge in [-0.3, -0.25) is 4.79 Å². The molecule has 3 rings (SSSR count). The number of carbonyl (C=O) groups is 1. The van der Waals surface area contributed by atoms with Crippen LogP contribution in [0.2, 0.25) is 0 Å². The minimum atomic E-state index is 0.0834. The molecule has 2 aromatic carbocycles. The van der Waals surface area contributed by atoms with Gasteiger partial charge in [-0.2, -0.15) is 0 Å². The van der Waals surface area contributed by atoms with Crippen LogP contribution in [-0.4, -0.2) is 37.0 Å². The summed E-state index contributed by atoms with van der Waals surface area (Å²) in [5.74, 6) is 0.812. The summed E-state index contributed by atoms with van der Waals surface area (Å²) in [5.41, 5.74) is 1.81. The predicted molar refractivity (Wildman–Crippen MR) is 95.2 cm³/mol. The maximum atomic E-state index is 12.7. The Labute approximate surface area is 143 Å². The Bertz CT molecular complexity index is 672. The monoisotopic (exact) mass is 324 g/mol. The Morgan fingerprint density at radius 2 is 2.04 bits per heavy atom. The van der Waals surface area contributed by atoms with Crippen molar-refractivity contribution in [2.24, 2.45) is 0 Å². The molecule has 1 fully saturated rings. The van der Waals surface area contributed by atoms with Gasteiger partial charge in [-0.05, 0) is 43.7 Å². The van der Waals surface area contributed by atoms with Gasteiger partial charge in [-0.15, -0.1) is 0 Å². The van der Waals surface area contributed by atoms with E-state index in [0.29, 0.717) is 18.2 Å². The molecule has 0 bridgehead atoms. The lowest BCUT2D eigenvalue weighted by Gasteiger charge is -2.32. The second-order valence-corrected chi connectivity index (χ2v) is 6.18. The molecule has 2 aromatic rings. The summed E-state index contributed by atoms with van der Waals surface area (Å²) in [5, 5.41) is 3.27. The Balaban J connectivity index is 1.65. The molecule has 1 atom stereocenters. The summed E-state index contributed by atoms with van der Waals surface area (Å²) in [6, 6.07) is 17.9. The van der Waals surface area contributed by atoms with Gasteiger partial charge in [0.15, 0.2) is 0 Å². The lowest BCUT2D eigenvalue weighted by atomic mass is 10.0. The summed E-state index contributed by atoms with van der Waals surface area (Å²) >= 11 is 0. The SMILES string of the molecule is CNC1CCCN(C(=O)c2cccc(OCc3ccccc3)c2)C1. The average Bonchev–Trinajstić information content (AvgIpc) is 2.67. The number of carbonyl (C=O) groups excluding carboxylic acids is 1. The summed E-state index contributed by atoms with van der Waals surface area (Å²) in [6.45, 7) is 2.10. The number of amides is 1. The summed E-state index contributed by atoms with van der Waals surface area (Å²) in [6.07, 6.45) is 2.17. The number of nitrogens with one attached hydrogen (secondary N) is 1. The molecule has 1 aliphatic rings. The zero-order chi connectivity index (χ0) is 16.8. The molecule has 0 radical (unpaired) electrons. The van der Waals surface area contributed by atoms with Crippen molar-refractivity contribution >= 4 is 5.91 Å². The van der Waals surface area contributed by atoms with Crippen molar-refractivity contribution in [3.63, 3.8) is 0 Å². The van der Waals surface area contributed by atoms with Gasteiger partial charge in [0.1, 0.15) is 12.4 Å². The predicted octanol–water partition coefficient (Wildman–Crippen LogP) is 3.09. The first-order valence-electron chi connectivity index (χ1n) is 8.49. The molecule has 4 nitrogen and oxygen atoms in total. The molecule has 0 spiro atoms. The highest BCUT2D eigenvalue weighted by Gasteiger charge is 2.23. The molecule has 1 N–H and O–H groups in total. The smallest absolute Gasteiger partial charge is 0.254 e. The van der Waals surface area contributed by atoms with E-state index >= 15 is 0 Å². The molecule has 126 valence electrons. The summed E-state index contributed by atoms with van der Waals surface area (Å²) in [7, 11) is 1.96. The molecule has 1 amide bonds. The van der Waals surface area contributed by atoms with Crippen LogP contribution in [0.15, 0.2) is 54.6 Å². The van der Waals surface area contributed by atoms with Crippen molar-refractivity contribution in [3.8, 4) is 5.75 Å². The number of hydrogen-bond acceptors (Lipinski definition) is 3. The molecule has 1 unspecified atom stereocenters. The van der Waals surface area contributed by atoms with Gasteiger partial charge in [0.25, 0.3) is 5.91 Å². The average molecular weight is 324 g/mol. The fourth-order valence-corrected chi connectivity index (χ4v) is 3.04. The van der Waals surface area contributed by atoms with Crippen molar-refractivity contribution in [1.29, 1.82) is 0 Å². The molecule has 1 saturated heterocycles. The Morgan fingerprint density at radius 1 is 1.21 bits per heavy atom. The summed E-state index contributed by atoms with van der Waals surface area (Å²) < 4.78 is 5.83. The number of hydrogen-bond donors (Lipinski definition) is 1. The Kier molecular flexibility index (Phi) is 5.49. The van der Waals surface area contributed by atoms with Gasteiger partial charge >= 0.3 is 0 Å².